The Morgan fingerprint density at radius 2 is 2.00 bits per heavy atom. The zero-order valence-electron chi connectivity index (χ0n) is 20.8. The lowest BCUT2D eigenvalue weighted by atomic mass is 10.1. The largest absolute Gasteiger partial charge is 0.473 e. The SMILES string of the molecule is CCCS(=O)(=O)c1ccc(-c2csc3c(OC4CCN(c5nc(C(C)C)no5)CC4)ncnc23)c(F)c1. The van der Waals surface area contributed by atoms with E-state index in [0.29, 0.717) is 53.9 Å². The van der Waals surface area contributed by atoms with Crippen LogP contribution in [-0.2, 0) is 9.84 Å². The van der Waals surface area contributed by atoms with Crippen molar-refractivity contribution in [2.45, 2.75) is 57.0 Å². The maximum atomic E-state index is 15.1. The second kappa shape index (κ2) is 10.3. The van der Waals surface area contributed by atoms with E-state index in [1.165, 1.54) is 29.8 Å². The number of piperidine rings is 1. The molecule has 12 heteroatoms. The summed E-state index contributed by atoms with van der Waals surface area (Å²) in [4.78, 5) is 15.2. The van der Waals surface area contributed by atoms with E-state index in [9.17, 15) is 8.42 Å². The van der Waals surface area contributed by atoms with Crippen LogP contribution in [0.15, 0.2) is 39.3 Å². The highest BCUT2D eigenvalue weighted by atomic mass is 32.2. The normalized spacial score (nSPS) is 15.1. The van der Waals surface area contributed by atoms with Gasteiger partial charge in [-0.3, -0.25) is 0 Å². The minimum Gasteiger partial charge on any atom is -0.473 e. The number of thiophene rings is 1. The molecule has 5 rings (SSSR count). The molecule has 1 aliphatic rings. The summed E-state index contributed by atoms with van der Waals surface area (Å²) >= 11 is 1.37. The fourth-order valence-electron chi connectivity index (χ4n) is 4.31. The van der Waals surface area contributed by atoms with E-state index in [1.807, 2.05) is 13.8 Å². The Morgan fingerprint density at radius 3 is 2.68 bits per heavy atom. The molecule has 0 amide bonds. The van der Waals surface area contributed by atoms with E-state index in [1.54, 1.807) is 12.3 Å². The molecule has 196 valence electrons. The van der Waals surface area contributed by atoms with Crippen molar-refractivity contribution in [2.24, 2.45) is 0 Å². The van der Waals surface area contributed by atoms with Crippen molar-refractivity contribution in [2.75, 3.05) is 23.7 Å². The summed E-state index contributed by atoms with van der Waals surface area (Å²) in [5.41, 5.74) is 1.44. The number of halogens is 1. The van der Waals surface area contributed by atoms with E-state index >= 15 is 4.39 Å². The van der Waals surface area contributed by atoms with Crippen molar-refractivity contribution in [1.29, 1.82) is 0 Å². The number of fused-ring (bicyclic) bond motifs is 1. The molecule has 1 aliphatic heterocycles. The predicted octanol–water partition coefficient (Wildman–Crippen LogP) is 5.24. The van der Waals surface area contributed by atoms with E-state index in [2.05, 4.69) is 25.0 Å². The molecule has 4 aromatic rings. The summed E-state index contributed by atoms with van der Waals surface area (Å²) < 4.78 is 52.1. The molecule has 0 bridgehead atoms. The maximum absolute atomic E-state index is 15.1. The van der Waals surface area contributed by atoms with Gasteiger partial charge in [-0.2, -0.15) is 4.98 Å². The Hall–Kier alpha value is -3.12. The predicted molar refractivity (Wildman–Crippen MR) is 139 cm³/mol. The Morgan fingerprint density at radius 1 is 1.22 bits per heavy atom. The molecule has 4 heterocycles. The van der Waals surface area contributed by atoms with Gasteiger partial charge in [0.2, 0.25) is 5.88 Å². The zero-order valence-corrected chi connectivity index (χ0v) is 22.5. The molecule has 0 N–H and O–H groups in total. The van der Waals surface area contributed by atoms with Crippen LogP contribution in [0, 0.1) is 5.82 Å². The number of ether oxygens (including phenoxy) is 1. The molecule has 37 heavy (non-hydrogen) atoms. The summed E-state index contributed by atoms with van der Waals surface area (Å²) in [5, 5.41) is 5.84. The lowest BCUT2D eigenvalue weighted by Gasteiger charge is -2.30. The Kier molecular flexibility index (Phi) is 7.13. The van der Waals surface area contributed by atoms with Crippen LogP contribution in [0.1, 0.15) is 51.8 Å². The van der Waals surface area contributed by atoms with Crippen LogP contribution in [0.3, 0.4) is 0 Å². The van der Waals surface area contributed by atoms with Crippen LogP contribution < -0.4 is 9.64 Å². The summed E-state index contributed by atoms with van der Waals surface area (Å²) in [6, 6.07) is 4.57. The monoisotopic (exact) mass is 545 g/mol. The lowest BCUT2D eigenvalue weighted by molar-refractivity contribution is 0.164. The number of nitrogens with zero attached hydrogens (tertiary/aromatic N) is 5. The highest BCUT2D eigenvalue weighted by Gasteiger charge is 2.26. The Labute approximate surface area is 218 Å². The molecular weight excluding hydrogens is 517 g/mol. The van der Waals surface area contributed by atoms with Crippen LogP contribution >= 0.6 is 11.3 Å². The molecule has 0 aliphatic carbocycles. The molecule has 0 unspecified atom stereocenters. The number of hydrogen-bond donors (Lipinski definition) is 0. The molecule has 1 fully saturated rings. The van der Waals surface area contributed by atoms with E-state index in [0.717, 1.165) is 23.6 Å². The number of benzene rings is 1. The minimum atomic E-state index is -3.51. The van der Waals surface area contributed by atoms with E-state index in [-0.39, 0.29) is 22.7 Å². The van der Waals surface area contributed by atoms with Gasteiger partial charge in [0, 0.05) is 48.4 Å². The van der Waals surface area contributed by atoms with Crippen molar-refractivity contribution < 1.29 is 22.1 Å². The maximum Gasteiger partial charge on any atom is 0.324 e. The lowest BCUT2D eigenvalue weighted by Crippen LogP contribution is -2.38. The molecular formula is C25H28FN5O4S2. The standard InChI is InChI=1S/C25H28FN5O4S2/c1-4-11-37(32,33)17-5-6-18(20(26)12-17)19-13-36-22-21(19)27-14-28-24(22)34-16-7-9-31(10-8-16)25-29-23(15(2)3)30-35-25/h5-6,12-16H,4,7-11H2,1-3H3. The summed E-state index contributed by atoms with van der Waals surface area (Å²) in [5.74, 6) is 0.733. The van der Waals surface area contributed by atoms with Crippen LogP contribution in [0.5, 0.6) is 5.88 Å². The van der Waals surface area contributed by atoms with Gasteiger partial charge in [0.15, 0.2) is 15.7 Å². The quantitative estimate of drug-likeness (QED) is 0.294. The molecule has 0 saturated carbocycles. The van der Waals surface area contributed by atoms with Crippen LogP contribution in [0.2, 0.25) is 0 Å². The first kappa shape index (κ1) is 25.5. The van der Waals surface area contributed by atoms with Crippen molar-refractivity contribution in [3.05, 3.63) is 41.5 Å². The zero-order chi connectivity index (χ0) is 26.2. The molecule has 0 radical (unpaired) electrons. The number of anilines is 1. The van der Waals surface area contributed by atoms with Gasteiger partial charge in [0.1, 0.15) is 22.9 Å². The van der Waals surface area contributed by atoms with Gasteiger partial charge in [-0.25, -0.2) is 22.8 Å². The second-order valence-corrected chi connectivity index (χ2v) is 12.3. The van der Waals surface area contributed by atoms with Crippen molar-refractivity contribution in [3.63, 3.8) is 0 Å². The average molecular weight is 546 g/mol. The second-order valence-electron chi connectivity index (χ2n) is 9.36. The molecule has 1 aromatic carbocycles. The third-order valence-electron chi connectivity index (χ3n) is 6.32. The van der Waals surface area contributed by atoms with Crippen LogP contribution in [0.4, 0.5) is 10.4 Å². The molecule has 0 atom stereocenters. The summed E-state index contributed by atoms with van der Waals surface area (Å²) in [6.45, 7) is 7.25. The third-order valence-corrected chi connectivity index (χ3v) is 9.20. The summed E-state index contributed by atoms with van der Waals surface area (Å²) in [7, 11) is -3.51. The number of hydrogen-bond acceptors (Lipinski definition) is 10. The Bertz CT molecular complexity index is 1510. The number of aromatic nitrogens is 4. The van der Waals surface area contributed by atoms with E-state index < -0.39 is 15.7 Å². The van der Waals surface area contributed by atoms with Crippen molar-refractivity contribution >= 4 is 37.4 Å². The van der Waals surface area contributed by atoms with Gasteiger partial charge in [-0.15, -0.1) is 11.3 Å². The molecule has 1 saturated heterocycles. The molecule has 9 nitrogen and oxygen atoms in total. The first-order valence-corrected chi connectivity index (χ1v) is 14.8. The highest BCUT2D eigenvalue weighted by molar-refractivity contribution is 7.91. The van der Waals surface area contributed by atoms with Crippen LogP contribution in [0.25, 0.3) is 21.3 Å². The smallest absolute Gasteiger partial charge is 0.324 e. The third kappa shape index (κ3) is 5.17. The fraction of sp³-hybridized carbons (Fsp3) is 0.440. The summed E-state index contributed by atoms with van der Waals surface area (Å²) in [6.07, 6.45) is 3.34. The van der Waals surface area contributed by atoms with Gasteiger partial charge >= 0.3 is 6.01 Å². The fourth-order valence-corrected chi connectivity index (χ4v) is 6.59. The van der Waals surface area contributed by atoms with Gasteiger partial charge in [0.05, 0.1) is 16.2 Å². The average Bonchev–Trinajstić information content (AvgIpc) is 3.53. The minimum absolute atomic E-state index is 0.0129. The first-order valence-electron chi connectivity index (χ1n) is 12.3. The first-order chi connectivity index (χ1) is 17.8. The molecule has 0 spiro atoms. The Balaban J connectivity index is 1.32. The van der Waals surface area contributed by atoms with Gasteiger partial charge in [0.25, 0.3) is 0 Å². The topological polar surface area (TPSA) is 111 Å². The van der Waals surface area contributed by atoms with Crippen LogP contribution in [-0.4, -0.2) is 53.5 Å². The van der Waals surface area contributed by atoms with Gasteiger partial charge in [-0.05, 0) is 18.6 Å². The van der Waals surface area contributed by atoms with Gasteiger partial charge < -0.3 is 14.2 Å². The van der Waals surface area contributed by atoms with Crippen molar-refractivity contribution in [3.8, 4) is 17.0 Å². The number of sulfone groups is 1. The highest BCUT2D eigenvalue weighted by Crippen LogP contribution is 2.38. The van der Waals surface area contributed by atoms with Crippen molar-refractivity contribution in [1.82, 2.24) is 20.1 Å². The van der Waals surface area contributed by atoms with E-state index in [4.69, 9.17) is 9.26 Å². The molecule has 3 aromatic heterocycles. The number of rotatable bonds is 8. The van der Waals surface area contributed by atoms with Gasteiger partial charge in [-0.1, -0.05) is 32.0 Å².